The van der Waals surface area contributed by atoms with Gasteiger partial charge in [0, 0.05) is 12.6 Å². The number of benzene rings is 2. The molecule has 7 nitrogen and oxygen atoms in total. The quantitative estimate of drug-likeness (QED) is 0.523. The summed E-state index contributed by atoms with van der Waals surface area (Å²) in [6, 6.07) is 13.0. The minimum atomic E-state index is -0.925. The molecule has 25 heavy (non-hydrogen) atoms. The van der Waals surface area contributed by atoms with Gasteiger partial charge in [-0.3, -0.25) is 4.79 Å². The van der Waals surface area contributed by atoms with Crippen molar-refractivity contribution in [3.05, 3.63) is 53.6 Å². The molecule has 2 rings (SSSR count). The molecule has 0 aliphatic heterocycles. The van der Waals surface area contributed by atoms with E-state index in [-0.39, 0.29) is 19.0 Å². The van der Waals surface area contributed by atoms with Crippen LogP contribution in [0.4, 0.5) is 5.69 Å². The van der Waals surface area contributed by atoms with Crippen LogP contribution >= 0.6 is 0 Å². The van der Waals surface area contributed by atoms with Gasteiger partial charge in [-0.15, -0.1) is 0 Å². The van der Waals surface area contributed by atoms with E-state index in [1.165, 1.54) is 25.1 Å². The molecule has 7 heteroatoms. The topological polar surface area (TPSA) is 112 Å². The van der Waals surface area contributed by atoms with Crippen molar-refractivity contribution >= 4 is 11.7 Å². The molecule has 1 atom stereocenters. The predicted molar refractivity (Wildman–Crippen MR) is 90.0 cm³/mol. The number of phenols is 1. The van der Waals surface area contributed by atoms with Crippen LogP contribution in [-0.4, -0.2) is 29.4 Å². The second-order valence-corrected chi connectivity index (χ2v) is 5.12. The van der Waals surface area contributed by atoms with Crippen molar-refractivity contribution in [2.45, 2.75) is 13.2 Å². The Morgan fingerprint density at radius 3 is 2.60 bits per heavy atom. The number of carbonyl (C=O) groups excluding carboxylic acids is 1. The Kier molecular flexibility index (Phi) is 6.20. The highest BCUT2D eigenvalue weighted by atomic mass is 16.6. The molecule has 0 aliphatic carbocycles. The number of aromatic hydroxyl groups is 1. The minimum Gasteiger partial charge on any atom is -0.508 e. The molecule has 2 aromatic carbocycles. The number of hydrogen-bond donors (Lipinski definition) is 3. The number of nitriles is 1. The molecular weight excluding hydrogens is 324 g/mol. The summed E-state index contributed by atoms with van der Waals surface area (Å²) in [6.45, 7) is 1.15. The molecule has 0 amide bonds. The fourth-order valence-electron chi connectivity index (χ4n) is 2.16. The molecule has 1 unspecified atom stereocenters. The highest BCUT2D eigenvalue weighted by Crippen LogP contribution is 2.32. The van der Waals surface area contributed by atoms with Crippen LogP contribution in [0.2, 0.25) is 0 Å². The van der Waals surface area contributed by atoms with E-state index in [1.807, 2.05) is 6.07 Å². The number of nitrogens with one attached hydrogen (secondary N) is 1. The van der Waals surface area contributed by atoms with Crippen LogP contribution in [0.25, 0.3) is 0 Å². The zero-order valence-electron chi connectivity index (χ0n) is 13.6. The van der Waals surface area contributed by atoms with Crippen molar-refractivity contribution in [2.24, 2.45) is 0 Å². The summed E-state index contributed by atoms with van der Waals surface area (Å²) >= 11 is 0. The van der Waals surface area contributed by atoms with Gasteiger partial charge in [-0.25, -0.2) is 0 Å². The van der Waals surface area contributed by atoms with Gasteiger partial charge in [-0.1, -0.05) is 0 Å². The van der Waals surface area contributed by atoms with Crippen LogP contribution in [0.1, 0.15) is 24.3 Å². The molecule has 130 valence electrons. The summed E-state index contributed by atoms with van der Waals surface area (Å²) in [5, 5.41) is 30.6. The summed E-state index contributed by atoms with van der Waals surface area (Å²) in [5.74, 6) is -0.188. The Hall–Kier alpha value is -3.24. The van der Waals surface area contributed by atoms with Crippen molar-refractivity contribution in [3.63, 3.8) is 0 Å². The summed E-state index contributed by atoms with van der Waals surface area (Å²) in [6.07, 6.45) is -0.925. The monoisotopic (exact) mass is 342 g/mol. The molecule has 0 heterocycles. The van der Waals surface area contributed by atoms with Gasteiger partial charge in [0.05, 0.1) is 23.8 Å². The highest BCUT2D eigenvalue weighted by molar-refractivity contribution is 5.67. The van der Waals surface area contributed by atoms with Crippen molar-refractivity contribution in [1.82, 2.24) is 0 Å². The Bertz CT molecular complexity index is 768. The molecule has 0 aliphatic rings. The van der Waals surface area contributed by atoms with Gasteiger partial charge in [0.15, 0.2) is 0 Å². The van der Waals surface area contributed by atoms with Gasteiger partial charge in [0.2, 0.25) is 6.23 Å². The lowest BCUT2D eigenvalue weighted by atomic mass is 10.1. The predicted octanol–water partition coefficient (Wildman–Crippen LogP) is 2.31. The summed E-state index contributed by atoms with van der Waals surface area (Å²) < 4.78 is 10.7. The maximum atomic E-state index is 11.5. The van der Waals surface area contributed by atoms with Crippen molar-refractivity contribution in [3.8, 4) is 17.6 Å². The summed E-state index contributed by atoms with van der Waals surface area (Å²) in [5.41, 5.74) is 1.51. The van der Waals surface area contributed by atoms with Crippen LogP contribution in [0.3, 0.4) is 0 Å². The Morgan fingerprint density at radius 1 is 1.28 bits per heavy atom. The molecule has 0 saturated carbocycles. The third-order valence-electron chi connectivity index (χ3n) is 3.22. The first-order chi connectivity index (χ1) is 12.0. The van der Waals surface area contributed by atoms with E-state index in [1.54, 1.807) is 24.3 Å². The zero-order chi connectivity index (χ0) is 18.2. The minimum absolute atomic E-state index is 0.0230. The lowest BCUT2D eigenvalue weighted by Crippen LogP contribution is -2.18. The van der Waals surface area contributed by atoms with Crippen LogP contribution in [0.15, 0.2) is 42.5 Å². The van der Waals surface area contributed by atoms with Gasteiger partial charge in [-0.05, 0) is 42.5 Å². The normalized spacial score (nSPS) is 11.2. The molecule has 0 fully saturated rings. The molecule has 0 spiro atoms. The lowest BCUT2D eigenvalue weighted by molar-refractivity contribution is -0.145. The third kappa shape index (κ3) is 5.12. The van der Waals surface area contributed by atoms with Crippen LogP contribution in [0.5, 0.6) is 11.5 Å². The van der Waals surface area contributed by atoms with E-state index in [0.717, 1.165) is 0 Å². The smallest absolute Gasteiger partial charge is 0.304 e. The first-order valence-electron chi connectivity index (χ1n) is 7.54. The molecule has 2 aromatic rings. The van der Waals surface area contributed by atoms with E-state index in [0.29, 0.717) is 22.6 Å². The van der Waals surface area contributed by atoms with E-state index in [9.17, 15) is 9.90 Å². The van der Waals surface area contributed by atoms with E-state index in [4.69, 9.17) is 19.8 Å². The fraction of sp³-hybridized carbons (Fsp3) is 0.222. The molecule has 0 bridgehead atoms. The average Bonchev–Trinajstić information content (AvgIpc) is 2.60. The number of hydrogen-bond acceptors (Lipinski definition) is 7. The fourth-order valence-corrected chi connectivity index (χ4v) is 2.16. The van der Waals surface area contributed by atoms with E-state index >= 15 is 0 Å². The number of ether oxygens (including phenoxy) is 2. The highest BCUT2D eigenvalue weighted by Gasteiger charge is 2.20. The number of carbonyl (C=O) groups is 1. The largest absolute Gasteiger partial charge is 0.508 e. The molecule has 0 radical (unpaired) electrons. The van der Waals surface area contributed by atoms with Crippen molar-refractivity contribution < 1.29 is 24.5 Å². The number of aliphatic hydroxyl groups is 1. The average molecular weight is 342 g/mol. The van der Waals surface area contributed by atoms with Gasteiger partial charge in [-0.2, -0.15) is 5.26 Å². The number of rotatable bonds is 7. The van der Waals surface area contributed by atoms with E-state index in [2.05, 4.69) is 5.32 Å². The first-order valence-corrected chi connectivity index (χ1v) is 7.54. The van der Waals surface area contributed by atoms with Gasteiger partial charge in [0.1, 0.15) is 18.1 Å². The molecule has 0 saturated heterocycles. The Labute approximate surface area is 145 Å². The first kappa shape index (κ1) is 18.1. The maximum absolute atomic E-state index is 11.5. The maximum Gasteiger partial charge on any atom is 0.304 e. The second kappa shape index (κ2) is 8.57. The lowest BCUT2D eigenvalue weighted by Gasteiger charge is -2.22. The number of anilines is 1. The number of nitrogens with zero attached hydrogens (tertiary/aromatic N) is 1. The van der Waals surface area contributed by atoms with Gasteiger partial charge < -0.3 is 25.0 Å². The van der Waals surface area contributed by atoms with Gasteiger partial charge in [0.25, 0.3) is 0 Å². The Balaban J connectivity index is 2.34. The second-order valence-electron chi connectivity index (χ2n) is 5.12. The van der Waals surface area contributed by atoms with Crippen molar-refractivity contribution in [1.29, 1.82) is 5.26 Å². The van der Waals surface area contributed by atoms with Crippen LogP contribution in [-0.2, 0) is 9.53 Å². The van der Waals surface area contributed by atoms with Crippen LogP contribution < -0.4 is 10.1 Å². The number of phenolic OH excluding ortho intramolecular Hbond substituents is 1. The Morgan fingerprint density at radius 2 is 2.00 bits per heavy atom. The molecular formula is C18H18N2O5. The molecule has 3 N–H and O–H groups in total. The summed E-state index contributed by atoms with van der Waals surface area (Å²) in [4.78, 5) is 11.5. The SMILES string of the molecule is CC(=O)OC(Nc1ccc(C#N)cc1)c1cc(O)ccc1OCCO. The van der Waals surface area contributed by atoms with Crippen LogP contribution in [0, 0.1) is 11.3 Å². The van der Waals surface area contributed by atoms with E-state index < -0.39 is 12.2 Å². The number of aliphatic hydroxyl groups excluding tert-OH is 1. The summed E-state index contributed by atoms with van der Waals surface area (Å²) in [7, 11) is 0. The van der Waals surface area contributed by atoms with Crippen molar-refractivity contribution in [2.75, 3.05) is 18.5 Å². The molecule has 0 aromatic heterocycles. The third-order valence-corrected chi connectivity index (χ3v) is 3.22. The van der Waals surface area contributed by atoms with Gasteiger partial charge >= 0.3 is 5.97 Å². The zero-order valence-corrected chi connectivity index (χ0v) is 13.6. The standard InChI is InChI=1S/C18H18N2O5/c1-12(22)25-18(20-14-4-2-13(11-19)3-5-14)16-10-15(23)6-7-17(16)24-9-8-21/h2-7,10,18,20-21,23H,8-9H2,1H3. The number of esters is 1.